The number of thioether (sulfide) groups is 1. The molecule has 3 aromatic carbocycles. The molecule has 1 N–H and O–H groups in total. The number of carbonyl (C=O) groups is 2. The van der Waals surface area contributed by atoms with E-state index in [0.29, 0.717) is 51.2 Å². The summed E-state index contributed by atoms with van der Waals surface area (Å²) in [5.41, 5.74) is 1.17. The molecule has 3 aromatic rings. The van der Waals surface area contributed by atoms with Gasteiger partial charge in [0, 0.05) is 17.1 Å². The number of nitrogens with zero attached hydrogens (tertiary/aromatic N) is 1. The van der Waals surface area contributed by atoms with Crippen molar-refractivity contribution in [3.63, 3.8) is 0 Å². The van der Waals surface area contributed by atoms with Crippen LogP contribution in [0.25, 0.3) is 17.2 Å². The van der Waals surface area contributed by atoms with Crippen molar-refractivity contribution in [2.45, 2.75) is 19.0 Å². The van der Waals surface area contributed by atoms with Gasteiger partial charge in [-0.05, 0) is 65.6 Å². The van der Waals surface area contributed by atoms with E-state index in [0.717, 1.165) is 23.9 Å². The van der Waals surface area contributed by atoms with E-state index in [4.69, 9.17) is 33.7 Å². The second kappa shape index (κ2) is 12.2. The van der Waals surface area contributed by atoms with Gasteiger partial charge < -0.3 is 9.84 Å². The number of carboxylic acid groups (broad SMARTS) is 1. The summed E-state index contributed by atoms with van der Waals surface area (Å²) in [4.78, 5) is 25.8. The molecule has 0 bridgehead atoms. The van der Waals surface area contributed by atoms with Gasteiger partial charge in [0.25, 0.3) is 5.91 Å². The molecule has 1 saturated heterocycles. The molecule has 0 spiro atoms. The molecule has 0 unspecified atom stereocenters. The minimum Gasteiger partial charge on any atom is -0.494 e. The summed E-state index contributed by atoms with van der Waals surface area (Å²) in [5.74, 6) is -0.656. The van der Waals surface area contributed by atoms with Crippen LogP contribution >= 0.6 is 35.6 Å². The second-order valence-corrected chi connectivity index (χ2v) is 10.7. The predicted molar refractivity (Wildman–Crippen MR) is 150 cm³/mol. The van der Waals surface area contributed by atoms with E-state index in [9.17, 15) is 22.8 Å². The largest absolute Gasteiger partial charge is 0.494 e. The van der Waals surface area contributed by atoms with Crippen LogP contribution in [-0.2, 0) is 22.2 Å². The number of carboxylic acids is 1. The number of hydrogen-bond donors (Lipinski definition) is 1. The SMILES string of the molecule is O=C(O)Cc1cccc(OCCCN2C(=O)C(=Cc3cccc(-c4cc(C(F)(F)F)ccc4Cl)c3)SC2=S)c1. The zero-order valence-electron chi connectivity index (χ0n) is 20.2. The van der Waals surface area contributed by atoms with Gasteiger partial charge >= 0.3 is 12.1 Å². The highest BCUT2D eigenvalue weighted by Crippen LogP contribution is 2.37. The minimum atomic E-state index is -4.50. The predicted octanol–water partition coefficient (Wildman–Crippen LogP) is 7.32. The molecule has 4 rings (SSSR count). The average Bonchev–Trinajstić information content (AvgIpc) is 3.13. The molecule has 0 saturated carbocycles. The van der Waals surface area contributed by atoms with Gasteiger partial charge in [-0.1, -0.05) is 65.9 Å². The summed E-state index contributed by atoms with van der Waals surface area (Å²) >= 11 is 12.7. The summed E-state index contributed by atoms with van der Waals surface area (Å²) in [5, 5.41) is 9.11. The molecular weight excluding hydrogens is 571 g/mol. The number of rotatable bonds is 9. The van der Waals surface area contributed by atoms with E-state index in [1.807, 2.05) is 0 Å². The Balaban J connectivity index is 1.41. The number of benzene rings is 3. The van der Waals surface area contributed by atoms with Gasteiger partial charge in [0.05, 0.1) is 23.5 Å². The molecule has 0 radical (unpaired) electrons. The van der Waals surface area contributed by atoms with Crippen LogP contribution in [-0.4, -0.2) is 39.4 Å². The van der Waals surface area contributed by atoms with Crippen molar-refractivity contribution in [1.82, 2.24) is 4.90 Å². The first-order valence-corrected chi connectivity index (χ1v) is 13.3. The maximum absolute atomic E-state index is 13.2. The van der Waals surface area contributed by atoms with Crippen molar-refractivity contribution in [2.24, 2.45) is 0 Å². The van der Waals surface area contributed by atoms with Crippen LogP contribution in [0.5, 0.6) is 5.75 Å². The monoisotopic (exact) mass is 591 g/mol. The van der Waals surface area contributed by atoms with Crippen molar-refractivity contribution in [3.8, 4) is 16.9 Å². The van der Waals surface area contributed by atoms with Crippen molar-refractivity contribution in [1.29, 1.82) is 0 Å². The zero-order valence-corrected chi connectivity index (χ0v) is 22.6. The van der Waals surface area contributed by atoms with Crippen LogP contribution in [0.15, 0.2) is 71.6 Å². The number of ether oxygens (including phenoxy) is 1. The zero-order chi connectivity index (χ0) is 28.2. The minimum absolute atomic E-state index is 0.101. The second-order valence-electron chi connectivity index (χ2n) is 8.57. The topological polar surface area (TPSA) is 66.8 Å². The highest BCUT2D eigenvalue weighted by atomic mass is 35.5. The lowest BCUT2D eigenvalue weighted by Gasteiger charge is -2.14. The Morgan fingerprint density at radius 3 is 2.62 bits per heavy atom. The van der Waals surface area contributed by atoms with E-state index in [-0.39, 0.29) is 22.9 Å². The third kappa shape index (κ3) is 7.40. The lowest BCUT2D eigenvalue weighted by molar-refractivity contribution is -0.138. The fourth-order valence-corrected chi connectivity index (χ4v) is 5.43. The maximum Gasteiger partial charge on any atom is 0.416 e. The summed E-state index contributed by atoms with van der Waals surface area (Å²) in [7, 11) is 0. The molecule has 5 nitrogen and oxygen atoms in total. The number of aliphatic carboxylic acids is 1. The van der Waals surface area contributed by atoms with E-state index in [1.54, 1.807) is 54.6 Å². The first-order chi connectivity index (χ1) is 18.5. The Labute approximate surface area is 237 Å². The number of amides is 1. The Kier molecular flexibility index (Phi) is 8.99. The molecule has 1 aliphatic rings. The Morgan fingerprint density at radius 2 is 1.87 bits per heavy atom. The van der Waals surface area contributed by atoms with Crippen molar-refractivity contribution >= 4 is 57.9 Å². The average molecular weight is 592 g/mol. The van der Waals surface area contributed by atoms with Crippen LogP contribution in [0.2, 0.25) is 5.02 Å². The Morgan fingerprint density at radius 1 is 1.10 bits per heavy atom. The van der Waals surface area contributed by atoms with Gasteiger partial charge in [-0.2, -0.15) is 13.2 Å². The lowest BCUT2D eigenvalue weighted by Crippen LogP contribution is -2.29. The van der Waals surface area contributed by atoms with Gasteiger partial charge in [-0.15, -0.1) is 0 Å². The van der Waals surface area contributed by atoms with Gasteiger partial charge in [0.15, 0.2) is 0 Å². The smallest absolute Gasteiger partial charge is 0.416 e. The van der Waals surface area contributed by atoms with Crippen LogP contribution < -0.4 is 4.74 Å². The summed E-state index contributed by atoms with van der Waals surface area (Å²) < 4.78 is 45.7. The first kappa shape index (κ1) is 28.7. The summed E-state index contributed by atoms with van der Waals surface area (Å²) in [6.07, 6.45) is -2.46. The molecule has 0 aromatic heterocycles. The third-order valence-corrected chi connectivity index (χ3v) is 7.42. The molecule has 1 aliphatic heterocycles. The van der Waals surface area contributed by atoms with Crippen LogP contribution in [0, 0.1) is 0 Å². The summed E-state index contributed by atoms with van der Waals surface area (Å²) in [6, 6.07) is 16.7. The fourth-order valence-electron chi connectivity index (χ4n) is 3.90. The highest BCUT2D eigenvalue weighted by molar-refractivity contribution is 8.26. The van der Waals surface area contributed by atoms with E-state index in [1.165, 1.54) is 11.0 Å². The van der Waals surface area contributed by atoms with Gasteiger partial charge in [0.1, 0.15) is 10.1 Å². The number of carbonyl (C=O) groups excluding carboxylic acids is 1. The van der Waals surface area contributed by atoms with Gasteiger partial charge in [-0.25, -0.2) is 0 Å². The van der Waals surface area contributed by atoms with Crippen molar-refractivity contribution in [2.75, 3.05) is 13.2 Å². The Hall–Kier alpha value is -3.34. The van der Waals surface area contributed by atoms with E-state index < -0.39 is 17.7 Å². The van der Waals surface area contributed by atoms with Gasteiger partial charge in [0.2, 0.25) is 0 Å². The number of hydrogen-bond acceptors (Lipinski definition) is 5. The van der Waals surface area contributed by atoms with E-state index >= 15 is 0 Å². The molecular formula is C28H21ClF3NO4S2. The summed E-state index contributed by atoms with van der Waals surface area (Å²) in [6.45, 7) is 0.628. The molecule has 39 heavy (non-hydrogen) atoms. The Bertz CT molecular complexity index is 1460. The molecule has 202 valence electrons. The molecule has 11 heteroatoms. The highest BCUT2D eigenvalue weighted by Gasteiger charge is 2.32. The van der Waals surface area contributed by atoms with Gasteiger partial charge in [-0.3, -0.25) is 14.5 Å². The standard InChI is InChI=1S/C28H21ClF3NO4S2/c29-23-9-8-20(28(30,31)32)16-22(23)19-6-1-4-17(12-19)14-24-26(36)33(27(38)39-24)10-3-11-37-21-7-2-5-18(13-21)15-25(34)35/h1-2,4-9,12-14,16H,3,10-11,15H2,(H,34,35). The molecule has 1 fully saturated rings. The number of halogens is 4. The number of thiocarbonyl (C=S) groups is 1. The fraction of sp³-hybridized carbons (Fsp3) is 0.179. The van der Waals surface area contributed by atoms with Crippen molar-refractivity contribution < 1.29 is 32.6 Å². The van der Waals surface area contributed by atoms with Crippen LogP contribution in [0.4, 0.5) is 13.2 Å². The lowest BCUT2D eigenvalue weighted by atomic mass is 10.0. The molecule has 0 aliphatic carbocycles. The molecule has 0 atom stereocenters. The van der Waals surface area contributed by atoms with Crippen molar-refractivity contribution in [3.05, 3.63) is 93.3 Å². The molecule has 1 heterocycles. The van der Waals surface area contributed by atoms with Crippen LogP contribution in [0.1, 0.15) is 23.1 Å². The first-order valence-electron chi connectivity index (χ1n) is 11.7. The molecule has 1 amide bonds. The normalized spacial score (nSPS) is 14.8. The van der Waals surface area contributed by atoms with Crippen LogP contribution in [0.3, 0.4) is 0 Å². The van der Waals surface area contributed by atoms with E-state index in [2.05, 4.69) is 0 Å². The quantitative estimate of drug-likeness (QED) is 0.160. The third-order valence-electron chi connectivity index (χ3n) is 5.71. The maximum atomic E-state index is 13.2. The number of alkyl halides is 3.